The molecule has 1 aromatic rings. The normalized spacial score (nSPS) is 21.7. The molecule has 0 N–H and O–H groups in total. The molecule has 3 nitrogen and oxygen atoms in total. The van der Waals surface area contributed by atoms with Crippen LogP contribution in [0.5, 0.6) is 5.75 Å². The highest BCUT2D eigenvalue weighted by Crippen LogP contribution is 2.48. The molecule has 0 saturated carbocycles. The van der Waals surface area contributed by atoms with E-state index in [1.54, 1.807) is 18.9 Å². The SMILES string of the molecule is COc1ccc2c(c1)SC1N=C(C)C(C)=C(C)N21. The molecule has 1 atom stereocenters. The Balaban J connectivity index is 2.10. The number of nitrogens with zero attached hydrogens (tertiary/aromatic N) is 2. The van der Waals surface area contributed by atoms with E-state index in [2.05, 4.69) is 37.8 Å². The van der Waals surface area contributed by atoms with Gasteiger partial charge in [-0.1, -0.05) is 11.8 Å². The number of thioether (sulfide) groups is 1. The molecule has 1 aromatic carbocycles. The van der Waals surface area contributed by atoms with Gasteiger partial charge in [-0.25, -0.2) is 0 Å². The highest BCUT2D eigenvalue weighted by atomic mass is 32.2. The summed E-state index contributed by atoms with van der Waals surface area (Å²) in [4.78, 5) is 8.30. The van der Waals surface area contributed by atoms with Crippen LogP contribution in [0.1, 0.15) is 20.8 Å². The van der Waals surface area contributed by atoms with Gasteiger partial charge in [0.1, 0.15) is 5.75 Å². The largest absolute Gasteiger partial charge is 0.497 e. The molecule has 0 aromatic heterocycles. The predicted molar refractivity (Wildman–Crippen MR) is 76.6 cm³/mol. The van der Waals surface area contributed by atoms with Crippen LogP contribution in [0, 0.1) is 0 Å². The van der Waals surface area contributed by atoms with E-state index in [0.29, 0.717) is 0 Å². The van der Waals surface area contributed by atoms with Crippen molar-refractivity contribution in [3.63, 3.8) is 0 Å². The first kappa shape index (κ1) is 11.7. The average molecular weight is 260 g/mol. The second-order valence-corrected chi connectivity index (χ2v) is 5.67. The number of fused-ring (bicyclic) bond motifs is 3. The van der Waals surface area contributed by atoms with Crippen molar-refractivity contribution in [1.29, 1.82) is 0 Å². The van der Waals surface area contributed by atoms with Crippen LogP contribution in [-0.2, 0) is 0 Å². The second-order valence-electron chi connectivity index (χ2n) is 4.57. The first-order chi connectivity index (χ1) is 8.61. The Morgan fingerprint density at radius 2 is 2.06 bits per heavy atom. The summed E-state index contributed by atoms with van der Waals surface area (Å²) in [5.74, 6) is 0.903. The van der Waals surface area contributed by atoms with Gasteiger partial charge in [-0.3, -0.25) is 4.99 Å². The first-order valence-corrected chi connectivity index (χ1v) is 6.86. The lowest BCUT2D eigenvalue weighted by Crippen LogP contribution is -2.32. The molecular formula is C14H16N2OS. The van der Waals surface area contributed by atoms with Crippen molar-refractivity contribution in [2.75, 3.05) is 12.0 Å². The van der Waals surface area contributed by atoms with Gasteiger partial charge < -0.3 is 9.64 Å². The van der Waals surface area contributed by atoms with Gasteiger partial charge in [-0.05, 0) is 44.5 Å². The van der Waals surface area contributed by atoms with Gasteiger partial charge in [0.2, 0.25) is 0 Å². The molecule has 0 radical (unpaired) electrons. The third-order valence-corrected chi connectivity index (χ3v) is 4.74. The number of hydrogen-bond acceptors (Lipinski definition) is 4. The van der Waals surface area contributed by atoms with E-state index >= 15 is 0 Å². The maximum Gasteiger partial charge on any atom is 0.177 e. The van der Waals surface area contributed by atoms with Gasteiger partial charge in [0.05, 0.1) is 12.8 Å². The highest BCUT2D eigenvalue weighted by molar-refractivity contribution is 8.00. The van der Waals surface area contributed by atoms with E-state index in [-0.39, 0.29) is 5.50 Å². The fourth-order valence-corrected chi connectivity index (χ4v) is 3.62. The molecule has 94 valence electrons. The van der Waals surface area contributed by atoms with E-state index in [1.165, 1.54) is 21.9 Å². The zero-order valence-electron chi connectivity index (χ0n) is 11.0. The molecule has 0 saturated heterocycles. The molecule has 18 heavy (non-hydrogen) atoms. The van der Waals surface area contributed by atoms with Gasteiger partial charge in [0, 0.05) is 16.3 Å². The Hall–Kier alpha value is -1.42. The zero-order valence-corrected chi connectivity index (χ0v) is 11.8. The monoisotopic (exact) mass is 260 g/mol. The van der Waals surface area contributed by atoms with Gasteiger partial charge in [-0.2, -0.15) is 0 Å². The number of methoxy groups -OCH3 is 1. The lowest BCUT2D eigenvalue weighted by Gasteiger charge is -2.30. The van der Waals surface area contributed by atoms with E-state index in [4.69, 9.17) is 9.73 Å². The topological polar surface area (TPSA) is 24.8 Å². The molecule has 3 rings (SSSR count). The molecule has 4 heteroatoms. The summed E-state index contributed by atoms with van der Waals surface area (Å²) in [6.07, 6.45) is 0. The predicted octanol–water partition coefficient (Wildman–Crippen LogP) is 3.66. The van der Waals surface area contributed by atoms with Crippen LogP contribution in [0.25, 0.3) is 0 Å². The Bertz CT molecular complexity index is 577. The summed E-state index contributed by atoms with van der Waals surface area (Å²) < 4.78 is 5.28. The number of hydrogen-bond donors (Lipinski definition) is 0. The Labute approximate surface area is 112 Å². The summed E-state index contributed by atoms with van der Waals surface area (Å²) in [6, 6.07) is 6.22. The number of benzene rings is 1. The molecule has 0 spiro atoms. The second kappa shape index (κ2) is 4.05. The molecule has 0 bridgehead atoms. The lowest BCUT2D eigenvalue weighted by atomic mass is 10.1. The third kappa shape index (κ3) is 1.56. The van der Waals surface area contributed by atoms with E-state index in [1.807, 2.05) is 6.07 Å². The molecule has 2 aliphatic heterocycles. The van der Waals surface area contributed by atoms with Crippen LogP contribution in [-0.4, -0.2) is 18.3 Å². The molecular weight excluding hydrogens is 244 g/mol. The van der Waals surface area contributed by atoms with Gasteiger partial charge in [0.15, 0.2) is 5.50 Å². The van der Waals surface area contributed by atoms with Crippen LogP contribution in [0.4, 0.5) is 5.69 Å². The quantitative estimate of drug-likeness (QED) is 0.770. The Morgan fingerprint density at radius 1 is 1.28 bits per heavy atom. The minimum Gasteiger partial charge on any atom is -0.497 e. The minimum atomic E-state index is 0.149. The van der Waals surface area contributed by atoms with Crippen molar-refractivity contribution in [3.8, 4) is 5.75 Å². The van der Waals surface area contributed by atoms with E-state index in [9.17, 15) is 0 Å². The van der Waals surface area contributed by atoms with Crippen LogP contribution in [0.15, 0.2) is 39.4 Å². The van der Waals surface area contributed by atoms with Gasteiger partial charge in [0.25, 0.3) is 0 Å². The summed E-state index contributed by atoms with van der Waals surface area (Å²) in [6.45, 7) is 6.39. The fourth-order valence-electron chi connectivity index (χ4n) is 2.34. The van der Waals surface area contributed by atoms with Crippen LogP contribution in [0.2, 0.25) is 0 Å². The number of allylic oxidation sites excluding steroid dienone is 2. The molecule has 1 unspecified atom stereocenters. The van der Waals surface area contributed by atoms with Crippen molar-refractivity contribution in [2.24, 2.45) is 4.99 Å². The molecule has 0 aliphatic carbocycles. The van der Waals surface area contributed by atoms with E-state index in [0.717, 1.165) is 11.5 Å². The lowest BCUT2D eigenvalue weighted by molar-refractivity contribution is 0.414. The highest BCUT2D eigenvalue weighted by Gasteiger charge is 2.34. The Kier molecular flexibility index (Phi) is 2.63. The van der Waals surface area contributed by atoms with Crippen LogP contribution in [0.3, 0.4) is 0 Å². The summed E-state index contributed by atoms with van der Waals surface area (Å²) in [5, 5.41) is 0. The number of rotatable bonds is 1. The summed E-state index contributed by atoms with van der Waals surface area (Å²) >= 11 is 1.78. The van der Waals surface area contributed by atoms with Crippen molar-refractivity contribution in [1.82, 2.24) is 0 Å². The van der Waals surface area contributed by atoms with Gasteiger partial charge in [-0.15, -0.1) is 0 Å². The van der Waals surface area contributed by atoms with Crippen molar-refractivity contribution < 1.29 is 4.74 Å². The summed E-state index contributed by atoms with van der Waals surface area (Å²) in [7, 11) is 1.70. The number of aliphatic imine (C=N–C) groups is 1. The maximum absolute atomic E-state index is 5.28. The van der Waals surface area contributed by atoms with Crippen LogP contribution >= 0.6 is 11.8 Å². The first-order valence-electron chi connectivity index (χ1n) is 5.98. The fraction of sp³-hybridized carbons (Fsp3) is 0.357. The Morgan fingerprint density at radius 3 is 2.78 bits per heavy atom. The molecule has 2 aliphatic rings. The van der Waals surface area contributed by atoms with Crippen molar-refractivity contribution in [2.45, 2.75) is 31.2 Å². The zero-order chi connectivity index (χ0) is 12.9. The average Bonchev–Trinajstić information content (AvgIpc) is 2.72. The molecule has 0 amide bonds. The number of anilines is 1. The number of ether oxygens (including phenoxy) is 1. The molecule has 2 heterocycles. The minimum absolute atomic E-state index is 0.149. The standard InChI is InChI=1S/C14H16N2OS/c1-8-9(2)15-14-16(10(8)3)12-6-5-11(17-4)7-13(12)18-14/h5-7,14H,1-4H3. The maximum atomic E-state index is 5.28. The molecule has 0 fully saturated rings. The van der Waals surface area contributed by atoms with Crippen molar-refractivity contribution >= 4 is 23.2 Å². The van der Waals surface area contributed by atoms with Crippen LogP contribution < -0.4 is 9.64 Å². The third-order valence-electron chi connectivity index (χ3n) is 3.63. The van der Waals surface area contributed by atoms with Gasteiger partial charge >= 0.3 is 0 Å². The van der Waals surface area contributed by atoms with Crippen molar-refractivity contribution in [3.05, 3.63) is 29.5 Å². The smallest absolute Gasteiger partial charge is 0.177 e. The van der Waals surface area contributed by atoms with E-state index < -0.39 is 0 Å². The summed E-state index contributed by atoms with van der Waals surface area (Å²) in [5.41, 5.74) is 5.09.